The number of carbonyl (C=O) groups excluding carboxylic acids is 1. The summed E-state index contributed by atoms with van der Waals surface area (Å²) in [4.78, 5) is 21.2. The molecular weight excluding hydrogens is 340 g/mol. The van der Waals surface area contributed by atoms with Gasteiger partial charge in [0.2, 0.25) is 0 Å². The molecule has 1 aromatic rings. The van der Waals surface area contributed by atoms with Crippen LogP contribution in [0.25, 0.3) is 0 Å². The Morgan fingerprint density at radius 2 is 2.11 bits per heavy atom. The highest BCUT2D eigenvalue weighted by Crippen LogP contribution is 2.19. The second-order valence-corrected chi connectivity index (χ2v) is 7.31. The van der Waals surface area contributed by atoms with Crippen LogP contribution in [0, 0.1) is 5.92 Å². The molecule has 2 aliphatic rings. The summed E-state index contributed by atoms with van der Waals surface area (Å²) in [6, 6.07) is 8.72. The topological polar surface area (TPSA) is 57.2 Å². The first kappa shape index (κ1) is 19.7. The highest BCUT2D eigenvalue weighted by molar-refractivity contribution is 5.81. The average Bonchev–Trinajstić information content (AvgIpc) is 2.71. The molecular formula is C21H32N4O2. The molecule has 27 heavy (non-hydrogen) atoms. The van der Waals surface area contributed by atoms with Crippen molar-refractivity contribution in [2.75, 3.05) is 46.4 Å². The van der Waals surface area contributed by atoms with Gasteiger partial charge < -0.3 is 15.0 Å². The summed E-state index contributed by atoms with van der Waals surface area (Å²) in [5.41, 5.74) is 2.93. The second-order valence-electron chi connectivity index (χ2n) is 7.31. The van der Waals surface area contributed by atoms with Gasteiger partial charge in [0.15, 0.2) is 5.96 Å². The fourth-order valence-electron chi connectivity index (χ4n) is 4.03. The van der Waals surface area contributed by atoms with Gasteiger partial charge in [0.25, 0.3) is 0 Å². The van der Waals surface area contributed by atoms with Crippen molar-refractivity contribution in [2.45, 2.75) is 32.7 Å². The Kier molecular flexibility index (Phi) is 7.10. The third-order valence-corrected chi connectivity index (χ3v) is 5.47. The lowest BCUT2D eigenvalue weighted by Gasteiger charge is -2.34. The standard InChI is InChI=1S/C21H32N4O2/c1-3-27-20(26)19-9-6-12-25(16-19)21(22-2)23-11-14-24-13-10-17-7-4-5-8-18(17)15-24/h4-5,7-8,19H,3,6,9-16H2,1-2H3,(H,22,23). The Balaban J connectivity index is 1.46. The zero-order valence-corrected chi connectivity index (χ0v) is 16.6. The van der Waals surface area contributed by atoms with Gasteiger partial charge in [-0.1, -0.05) is 24.3 Å². The molecule has 6 nitrogen and oxygen atoms in total. The van der Waals surface area contributed by atoms with Crippen LogP contribution in [0.15, 0.2) is 29.3 Å². The molecule has 1 fully saturated rings. The molecule has 3 rings (SSSR count). The molecule has 1 aromatic carbocycles. The van der Waals surface area contributed by atoms with E-state index in [-0.39, 0.29) is 11.9 Å². The summed E-state index contributed by atoms with van der Waals surface area (Å²) >= 11 is 0. The normalized spacial score (nSPS) is 20.9. The van der Waals surface area contributed by atoms with Gasteiger partial charge in [-0.05, 0) is 37.3 Å². The number of fused-ring (bicyclic) bond motifs is 1. The average molecular weight is 373 g/mol. The predicted molar refractivity (Wildman–Crippen MR) is 108 cm³/mol. The Labute approximate surface area is 162 Å². The van der Waals surface area contributed by atoms with Crippen LogP contribution in [0.2, 0.25) is 0 Å². The smallest absolute Gasteiger partial charge is 0.310 e. The van der Waals surface area contributed by atoms with Crippen molar-refractivity contribution in [2.24, 2.45) is 10.9 Å². The maximum atomic E-state index is 12.1. The third-order valence-electron chi connectivity index (χ3n) is 5.47. The van der Waals surface area contributed by atoms with Crippen molar-refractivity contribution in [1.82, 2.24) is 15.1 Å². The number of likely N-dealkylation sites (tertiary alicyclic amines) is 1. The van der Waals surface area contributed by atoms with Gasteiger partial charge in [0.05, 0.1) is 12.5 Å². The summed E-state index contributed by atoms with van der Waals surface area (Å²) in [5, 5.41) is 3.48. The number of nitrogens with zero attached hydrogens (tertiary/aromatic N) is 3. The Bertz CT molecular complexity index is 661. The molecule has 1 unspecified atom stereocenters. The van der Waals surface area contributed by atoms with Crippen LogP contribution in [-0.4, -0.2) is 68.1 Å². The molecule has 148 valence electrons. The molecule has 0 bridgehead atoms. The maximum absolute atomic E-state index is 12.1. The lowest BCUT2D eigenvalue weighted by atomic mass is 9.98. The minimum Gasteiger partial charge on any atom is -0.466 e. The molecule has 0 saturated carbocycles. The van der Waals surface area contributed by atoms with Crippen molar-refractivity contribution in [3.05, 3.63) is 35.4 Å². The fraction of sp³-hybridized carbons (Fsp3) is 0.619. The van der Waals surface area contributed by atoms with Gasteiger partial charge in [-0.15, -0.1) is 0 Å². The van der Waals surface area contributed by atoms with Crippen LogP contribution in [0.5, 0.6) is 0 Å². The van der Waals surface area contributed by atoms with Crippen LogP contribution in [0.4, 0.5) is 0 Å². The number of rotatable bonds is 5. The first-order valence-electron chi connectivity index (χ1n) is 10.1. The number of hydrogen-bond acceptors (Lipinski definition) is 4. The molecule has 1 atom stereocenters. The molecule has 0 amide bonds. The van der Waals surface area contributed by atoms with E-state index in [9.17, 15) is 4.79 Å². The minimum absolute atomic E-state index is 0.0455. The van der Waals surface area contributed by atoms with Gasteiger partial charge in [-0.3, -0.25) is 14.7 Å². The highest BCUT2D eigenvalue weighted by atomic mass is 16.5. The van der Waals surface area contributed by atoms with Crippen molar-refractivity contribution in [3.63, 3.8) is 0 Å². The van der Waals surface area contributed by atoms with E-state index in [4.69, 9.17) is 4.74 Å². The minimum atomic E-state index is -0.0790. The summed E-state index contributed by atoms with van der Waals surface area (Å²) in [6.45, 7) is 7.90. The fourth-order valence-corrected chi connectivity index (χ4v) is 4.03. The van der Waals surface area contributed by atoms with E-state index in [1.54, 1.807) is 0 Å². The van der Waals surface area contributed by atoms with E-state index in [0.717, 1.165) is 57.9 Å². The number of piperidine rings is 1. The summed E-state index contributed by atoms with van der Waals surface area (Å²) in [5.74, 6) is 0.766. The van der Waals surface area contributed by atoms with Crippen LogP contribution in [-0.2, 0) is 22.5 Å². The van der Waals surface area contributed by atoms with Crippen LogP contribution < -0.4 is 5.32 Å². The maximum Gasteiger partial charge on any atom is 0.310 e. The number of nitrogens with one attached hydrogen (secondary N) is 1. The van der Waals surface area contributed by atoms with E-state index in [2.05, 4.69) is 44.4 Å². The first-order valence-corrected chi connectivity index (χ1v) is 10.1. The zero-order valence-electron chi connectivity index (χ0n) is 16.6. The van der Waals surface area contributed by atoms with E-state index in [1.807, 2.05) is 14.0 Å². The number of carbonyl (C=O) groups is 1. The van der Waals surface area contributed by atoms with Crippen LogP contribution >= 0.6 is 0 Å². The lowest BCUT2D eigenvalue weighted by molar-refractivity contribution is -0.149. The highest BCUT2D eigenvalue weighted by Gasteiger charge is 2.28. The van der Waals surface area contributed by atoms with E-state index in [0.29, 0.717) is 13.2 Å². The SMILES string of the molecule is CCOC(=O)C1CCCN(C(=NC)NCCN2CCc3ccccc3C2)C1. The number of guanidine groups is 1. The third kappa shape index (κ3) is 5.22. The van der Waals surface area contributed by atoms with Gasteiger partial charge in [-0.25, -0.2) is 0 Å². The second kappa shape index (κ2) is 9.74. The van der Waals surface area contributed by atoms with Gasteiger partial charge >= 0.3 is 5.97 Å². The Hall–Kier alpha value is -2.08. The lowest BCUT2D eigenvalue weighted by Crippen LogP contribution is -2.49. The summed E-state index contributed by atoms with van der Waals surface area (Å²) in [6.07, 6.45) is 3.02. The van der Waals surface area contributed by atoms with Crippen LogP contribution in [0.3, 0.4) is 0 Å². The van der Waals surface area contributed by atoms with E-state index in [1.165, 1.54) is 11.1 Å². The predicted octanol–water partition coefficient (Wildman–Crippen LogP) is 1.90. The van der Waals surface area contributed by atoms with Crippen molar-refractivity contribution >= 4 is 11.9 Å². The molecule has 0 radical (unpaired) electrons. The van der Waals surface area contributed by atoms with Crippen molar-refractivity contribution in [1.29, 1.82) is 0 Å². The van der Waals surface area contributed by atoms with Crippen LogP contribution in [0.1, 0.15) is 30.9 Å². The molecule has 0 spiro atoms. The molecule has 6 heteroatoms. The van der Waals surface area contributed by atoms with Crippen molar-refractivity contribution < 1.29 is 9.53 Å². The molecule has 0 aromatic heterocycles. The largest absolute Gasteiger partial charge is 0.466 e. The number of esters is 1. The Morgan fingerprint density at radius 3 is 2.89 bits per heavy atom. The summed E-state index contributed by atoms with van der Waals surface area (Å²) in [7, 11) is 1.81. The molecule has 0 aliphatic carbocycles. The molecule has 1 N–H and O–H groups in total. The first-order chi connectivity index (χ1) is 13.2. The number of aliphatic imine (C=N–C) groups is 1. The summed E-state index contributed by atoms with van der Waals surface area (Å²) < 4.78 is 5.20. The molecule has 2 aliphatic heterocycles. The molecule has 2 heterocycles. The number of hydrogen-bond donors (Lipinski definition) is 1. The zero-order chi connectivity index (χ0) is 19.1. The van der Waals surface area contributed by atoms with E-state index >= 15 is 0 Å². The monoisotopic (exact) mass is 372 g/mol. The van der Waals surface area contributed by atoms with Crippen molar-refractivity contribution in [3.8, 4) is 0 Å². The van der Waals surface area contributed by atoms with E-state index < -0.39 is 0 Å². The van der Waals surface area contributed by atoms with Gasteiger partial charge in [0, 0.05) is 46.3 Å². The van der Waals surface area contributed by atoms with Gasteiger partial charge in [-0.2, -0.15) is 0 Å². The van der Waals surface area contributed by atoms with Gasteiger partial charge in [0.1, 0.15) is 0 Å². The number of benzene rings is 1. The quantitative estimate of drug-likeness (QED) is 0.486. The Morgan fingerprint density at radius 1 is 1.30 bits per heavy atom. The number of ether oxygens (including phenoxy) is 1. The molecule has 1 saturated heterocycles.